The number of carbonyl (C=O) groups is 1. The van der Waals surface area contributed by atoms with Crippen LogP contribution in [-0.4, -0.2) is 6.29 Å². The van der Waals surface area contributed by atoms with Crippen molar-refractivity contribution in [2.45, 2.75) is 33.1 Å². The van der Waals surface area contributed by atoms with E-state index in [1.165, 1.54) is 5.56 Å². The van der Waals surface area contributed by atoms with Crippen molar-refractivity contribution < 1.29 is 4.79 Å². The molecule has 1 heteroatoms. The van der Waals surface area contributed by atoms with Gasteiger partial charge < -0.3 is 0 Å². The Balaban J connectivity index is 3.12. The Labute approximate surface area is 79.8 Å². The standard InChI is InChI=1S/C12H16O/c1-4-10-7-11(9(2)3)5-6-12(10)8-13/h5-9H,4H2,1-3H3. The van der Waals surface area contributed by atoms with Gasteiger partial charge in [0.15, 0.2) is 0 Å². The van der Waals surface area contributed by atoms with Gasteiger partial charge in [0.2, 0.25) is 0 Å². The molecule has 0 unspecified atom stereocenters. The molecule has 0 radical (unpaired) electrons. The van der Waals surface area contributed by atoms with Crippen molar-refractivity contribution in [1.82, 2.24) is 0 Å². The van der Waals surface area contributed by atoms with Gasteiger partial charge in [-0.2, -0.15) is 0 Å². The van der Waals surface area contributed by atoms with E-state index in [4.69, 9.17) is 0 Å². The second-order valence-electron chi connectivity index (χ2n) is 3.58. The second-order valence-corrected chi connectivity index (χ2v) is 3.58. The number of hydrogen-bond acceptors (Lipinski definition) is 1. The lowest BCUT2D eigenvalue weighted by atomic mass is 9.97. The van der Waals surface area contributed by atoms with Crippen molar-refractivity contribution in [3.8, 4) is 0 Å². The number of rotatable bonds is 3. The van der Waals surface area contributed by atoms with Crippen molar-refractivity contribution in [3.05, 3.63) is 34.9 Å². The maximum Gasteiger partial charge on any atom is 0.150 e. The zero-order valence-electron chi connectivity index (χ0n) is 8.50. The highest BCUT2D eigenvalue weighted by Gasteiger charge is 2.03. The summed E-state index contributed by atoms with van der Waals surface area (Å²) < 4.78 is 0. The maximum absolute atomic E-state index is 10.7. The number of aryl methyl sites for hydroxylation is 1. The summed E-state index contributed by atoms with van der Waals surface area (Å²) in [5.41, 5.74) is 3.29. The lowest BCUT2D eigenvalue weighted by Gasteiger charge is -2.08. The highest BCUT2D eigenvalue weighted by Crippen LogP contribution is 2.18. The van der Waals surface area contributed by atoms with E-state index in [9.17, 15) is 4.79 Å². The van der Waals surface area contributed by atoms with E-state index < -0.39 is 0 Å². The molecule has 0 heterocycles. The third-order valence-electron chi connectivity index (χ3n) is 2.34. The van der Waals surface area contributed by atoms with Gasteiger partial charge in [-0.1, -0.05) is 39.0 Å². The number of benzene rings is 1. The van der Waals surface area contributed by atoms with Gasteiger partial charge in [0.05, 0.1) is 0 Å². The molecule has 1 aromatic rings. The highest BCUT2D eigenvalue weighted by molar-refractivity contribution is 5.77. The molecule has 0 bridgehead atoms. The van der Waals surface area contributed by atoms with E-state index in [-0.39, 0.29) is 0 Å². The molecule has 0 fully saturated rings. The molecule has 0 aliphatic heterocycles. The van der Waals surface area contributed by atoms with Crippen LogP contribution in [0.15, 0.2) is 18.2 Å². The van der Waals surface area contributed by atoms with E-state index >= 15 is 0 Å². The van der Waals surface area contributed by atoms with Crippen LogP contribution in [0.4, 0.5) is 0 Å². The minimum absolute atomic E-state index is 0.533. The minimum atomic E-state index is 0.533. The molecule has 13 heavy (non-hydrogen) atoms. The molecular weight excluding hydrogens is 160 g/mol. The molecule has 0 N–H and O–H groups in total. The topological polar surface area (TPSA) is 17.1 Å². The first kappa shape index (κ1) is 9.97. The largest absolute Gasteiger partial charge is 0.298 e. The summed E-state index contributed by atoms with van der Waals surface area (Å²) >= 11 is 0. The van der Waals surface area contributed by atoms with Crippen LogP contribution < -0.4 is 0 Å². The first-order valence-electron chi connectivity index (χ1n) is 4.77. The van der Waals surface area contributed by atoms with Crippen LogP contribution in [0.25, 0.3) is 0 Å². The normalized spacial score (nSPS) is 10.5. The summed E-state index contributed by atoms with van der Waals surface area (Å²) in [5, 5.41) is 0. The summed E-state index contributed by atoms with van der Waals surface area (Å²) in [5.74, 6) is 0.533. The Morgan fingerprint density at radius 1 is 1.38 bits per heavy atom. The van der Waals surface area contributed by atoms with Crippen LogP contribution >= 0.6 is 0 Å². The van der Waals surface area contributed by atoms with Crippen LogP contribution in [0.1, 0.15) is 48.2 Å². The number of hydrogen-bond donors (Lipinski definition) is 0. The monoisotopic (exact) mass is 176 g/mol. The zero-order chi connectivity index (χ0) is 9.84. The van der Waals surface area contributed by atoms with Gasteiger partial charge in [-0.05, 0) is 23.5 Å². The summed E-state index contributed by atoms with van der Waals surface area (Å²) in [6.45, 7) is 6.40. The van der Waals surface area contributed by atoms with E-state index in [1.807, 2.05) is 12.1 Å². The van der Waals surface area contributed by atoms with E-state index in [0.29, 0.717) is 5.92 Å². The SMILES string of the molecule is CCc1cc(C(C)C)ccc1C=O. The Bertz CT molecular complexity index is 300. The van der Waals surface area contributed by atoms with Gasteiger partial charge in [0.1, 0.15) is 6.29 Å². The maximum atomic E-state index is 10.7. The average Bonchev–Trinajstić information content (AvgIpc) is 2.16. The molecule has 0 spiro atoms. The Morgan fingerprint density at radius 2 is 2.08 bits per heavy atom. The molecule has 0 amide bonds. The van der Waals surface area contributed by atoms with Gasteiger partial charge in [-0.15, -0.1) is 0 Å². The van der Waals surface area contributed by atoms with Gasteiger partial charge in [0.25, 0.3) is 0 Å². The van der Waals surface area contributed by atoms with Gasteiger partial charge >= 0.3 is 0 Å². The predicted molar refractivity (Wildman–Crippen MR) is 55.3 cm³/mol. The third-order valence-corrected chi connectivity index (χ3v) is 2.34. The van der Waals surface area contributed by atoms with E-state index in [1.54, 1.807) is 0 Å². The molecule has 0 saturated carbocycles. The molecule has 0 atom stereocenters. The van der Waals surface area contributed by atoms with Crippen LogP contribution in [0.3, 0.4) is 0 Å². The van der Waals surface area contributed by atoms with Crippen LogP contribution in [0.5, 0.6) is 0 Å². The molecule has 1 aromatic carbocycles. The zero-order valence-corrected chi connectivity index (χ0v) is 8.50. The van der Waals surface area contributed by atoms with Crippen molar-refractivity contribution in [3.63, 3.8) is 0 Å². The van der Waals surface area contributed by atoms with Gasteiger partial charge in [-0.3, -0.25) is 4.79 Å². The summed E-state index contributed by atoms with van der Waals surface area (Å²) in [7, 11) is 0. The summed E-state index contributed by atoms with van der Waals surface area (Å²) in [4.78, 5) is 10.7. The molecule has 0 aliphatic rings. The molecule has 1 rings (SSSR count). The first-order valence-corrected chi connectivity index (χ1v) is 4.77. The smallest absolute Gasteiger partial charge is 0.150 e. The molecule has 0 aromatic heterocycles. The van der Waals surface area contributed by atoms with Crippen molar-refractivity contribution in [2.75, 3.05) is 0 Å². The van der Waals surface area contributed by atoms with Crippen LogP contribution in [0, 0.1) is 0 Å². The second kappa shape index (κ2) is 4.22. The van der Waals surface area contributed by atoms with Gasteiger partial charge in [-0.25, -0.2) is 0 Å². The van der Waals surface area contributed by atoms with Crippen molar-refractivity contribution >= 4 is 6.29 Å². The fraction of sp³-hybridized carbons (Fsp3) is 0.417. The quantitative estimate of drug-likeness (QED) is 0.646. The Kier molecular flexibility index (Phi) is 3.24. The lowest BCUT2D eigenvalue weighted by Crippen LogP contribution is -1.95. The van der Waals surface area contributed by atoms with Crippen molar-refractivity contribution in [2.24, 2.45) is 0 Å². The van der Waals surface area contributed by atoms with Crippen LogP contribution in [-0.2, 0) is 6.42 Å². The minimum Gasteiger partial charge on any atom is -0.298 e. The molecule has 1 nitrogen and oxygen atoms in total. The summed E-state index contributed by atoms with van der Waals surface area (Å²) in [6, 6.07) is 6.09. The lowest BCUT2D eigenvalue weighted by molar-refractivity contribution is 0.112. The predicted octanol–water partition coefficient (Wildman–Crippen LogP) is 3.18. The fourth-order valence-electron chi connectivity index (χ4n) is 1.41. The molecular formula is C12H16O. The first-order chi connectivity index (χ1) is 6.19. The molecule has 0 saturated heterocycles. The van der Waals surface area contributed by atoms with Gasteiger partial charge in [0, 0.05) is 5.56 Å². The highest BCUT2D eigenvalue weighted by atomic mass is 16.1. The van der Waals surface area contributed by atoms with Crippen molar-refractivity contribution in [1.29, 1.82) is 0 Å². The van der Waals surface area contributed by atoms with E-state index in [2.05, 4.69) is 26.8 Å². The Hall–Kier alpha value is -1.11. The number of aldehydes is 1. The summed E-state index contributed by atoms with van der Waals surface area (Å²) in [6.07, 6.45) is 1.86. The average molecular weight is 176 g/mol. The van der Waals surface area contributed by atoms with E-state index in [0.717, 1.165) is 23.8 Å². The molecule has 0 aliphatic carbocycles. The number of carbonyl (C=O) groups excluding carboxylic acids is 1. The molecule has 70 valence electrons. The fourth-order valence-corrected chi connectivity index (χ4v) is 1.41. The van der Waals surface area contributed by atoms with Crippen LogP contribution in [0.2, 0.25) is 0 Å². The third kappa shape index (κ3) is 2.18. The Morgan fingerprint density at radius 3 is 2.54 bits per heavy atom.